The van der Waals surface area contributed by atoms with Crippen molar-refractivity contribution in [2.45, 2.75) is 59.6 Å². The van der Waals surface area contributed by atoms with Gasteiger partial charge in [-0.1, -0.05) is 58.9 Å². The maximum Gasteiger partial charge on any atom is 0.394 e. The first-order chi connectivity index (χ1) is 16.2. The Bertz CT molecular complexity index is 1400. The minimum absolute atomic E-state index is 0.0496. The van der Waals surface area contributed by atoms with Crippen molar-refractivity contribution in [1.29, 1.82) is 0 Å². The minimum atomic E-state index is -4.29. The van der Waals surface area contributed by atoms with Gasteiger partial charge in [0.15, 0.2) is 5.01 Å². The maximum atomic E-state index is 13.4. The number of hydrogen-bond acceptors (Lipinski definition) is 3. The Balaban J connectivity index is 1.81. The van der Waals surface area contributed by atoms with Crippen LogP contribution < -0.4 is 4.57 Å². The summed E-state index contributed by atoms with van der Waals surface area (Å²) in [6.07, 6.45) is -2.71. The zero-order valence-corrected chi connectivity index (χ0v) is 22.0. The second-order valence-electron chi connectivity index (χ2n) is 10.9. The second kappa shape index (κ2) is 8.70. The number of aromatic nitrogens is 3. The largest absolute Gasteiger partial charge is 0.394 e. The molecular weight excluding hydrogens is 467 g/mol. The van der Waals surface area contributed by atoms with Gasteiger partial charge in [0.2, 0.25) is 5.69 Å². The van der Waals surface area contributed by atoms with Crippen molar-refractivity contribution in [3.05, 3.63) is 64.9 Å². The molecule has 0 aliphatic carbocycles. The number of hydrogen-bond donors (Lipinski definition) is 0. The second-order valence-corrected chi connectivity index (χ2v) is 11.7. The third kappa shape index (κ3) is 4.83. The lowest BCUT2D eigenvalue weighted by Gasteiger charge is -2.26. The highest BCUT2D eigenvalue weighted by Gasteiger charge is 2.47. The SMILES string of the molecule is Cc1c(-c2cc(-c3nc(CC(C)(C)C(F)(F)F)cs3)nc[n+]2C)cc(C(C)(C)C)c2ccccc12. The quantitative estimate of drug-likeness (QED) is 0.271. The van der Waals surface area contributed by atoms with Crippen molar-refractivity contribution in [2.24, 2.45) is 12.5 Å². The zero-order valence-electron chi connectivity index (χ0n) is 21.2. The van der Waals surface area contributed by atoms with E-state index in [0.717, 1.165) is 11.3 Å². The van der Waals surface area contributed by atoms with Gasteiger partial charge in [0.05, 0.1) is 18.2 Å². The Labute approximate surface area is 208 Å². The van der Waals surface area contributed by atoms with Crippen molar-refractivity contribution in [1.82, 2.24) is 9.97 Å². The number of alkyl halides is 3. The van der Waals surface area contributed by atoms with E-state index in [9.17, 15) is 13.2 Å². The topological polar surface area (TPSA) is 29.7 Å². The molecular formula is C28H31F3N3S+. The average molecular weight is 499 g/mol. The lowest BCUT2D eigenvalue weighted by Crippen LogP contribution is -2.34. The molecule has 0 unspecified atom stereocenters. The Morgan fingerprint density at radius 3 is 2.26 bits per heavy atom. The molecule has 4 aromatic rings. The Kier molecular flexibility index (Phi) is 6.29. The van der Waals surface area contributed by atoms with Crippen LogP contribution in [0.2, 0.25) is 0 Å². The summed E-state index contributed by atoms with van der Waals surface area (Å²) >= 11 is 1.33. The third-order valence-electron chi connectivity index (χ3n) is 6.58. The van der Waals surface area contributed by atoms with E-state index >= 15 is 0 Å². The van der Waals surface area contributed by atoms with Crippen LogP contribution in [0.3, 0.4) is 0 Å². The van der Waals surface area contributed by atoms with Crippen LogP contribution in [0.25, 0.3) is 32.7 Å². The number of aryl methyl sites for hydroxylation is 2. The number of benzene rings is 2. The molecule has 0 aliphatic heterocycles. The van der Waals surface area contributed by atoms with Crippen LogP contribution in [-0.4, -0.2) is 16.1 Å². The molecule has 3 nitrogen and oxygen atoms in total. The van der Waals surface area contributed by atoms with Crippen LogP contribution in [0.1, 0.15) is 51.4 Å². The molecule has 0 aliphatic rings. The molecule has 0 spiro atoms. The van der Waals surface area contributed by atoms with Crippen molar-refractivity contribution >= 4 is 22.1 Å². The molecule has 2 heterocycles. The molecule has 184 valence electrons. The molecule has 0 fully saturated rings. The van der Waals surface area contributed by atoms with E-state index < -0.39 is 11.6 Å². The van der Waals surface area contributed by atoms with Gasteiger partial charge in [-0.25, -0.2) is 9.55 Å². The summed E-state index contributed by atoms with van der Waals surface area (Å²) in [5, 5.41) is 4.78. The average Bonchev–Trinajstić information content (AvgIpc) is 3.21. The fourth-order valence-electron chi connectivity index (χ4n) is 4.33. The van der Waals surface area contributed by atoms with Crippen LogP contribution >= 0.6 is 11.3 Å². The minimum Gasteiger partial charge on any atom is -0.237 e. The van der Waals surface area contributed by atoms with E-state index in [-0.39, 0.29) is 11.8 Å². The van der Waals surface area contributed by atoms with Gasteiger partial charge in [-0.15, -0.1) is 11.3 Å². The highest BCUT2D eigenvalue weighted by molar-refractivity contribution is 7.13. The Hall–Kier alpha value is -2.80. The summed E-state index contributed by atoms with van der Waals surface area (Å²) in [6.45, 7) is 11.2. The summed E-state index contributed by atoms with van der Waals surface area (Å²) in [7, 11) is 1.95. The molecule has 35 heavy (non-hydrogen) atoms. The van der Waals surface area contributed by atoms with Gasteiger partial charge in [-0.05, 0) is 45.3 Å². The molecule has 0 radical (unpaired) electrons. The predicted octanol–water partition coefficient (Wildman–Crippen LogP) is 7.59. The van der Waals surface area contributed by atoms with Gasteiger partial charge < -0.3 is 0 Å². The van der Waals surface area contributed by atoms with Gasteiger partial charge in [0.1, 0.15) is 5.69 Å². The first-order valence-electron chi connectivity index (χ1n) is 11.6. The maximum absolute atomic E-state index is 13.4. The van der Waals surface area contributed by atoms with E-state index in [1.165, 1.54) is 47.1 Å². The number of fused-ring (bicyclic) bond motifs is 1. The van der Waals surface area contributed by atoms with Crippen LogP contribution in [-0.2, 0) is 18.9 Å². The third-order valence-corrected chi connectivity index (χ3v) is 7.50. The van der Waals surface area contributed by atoms with Gasteiger partial charge in [0, 0.05) is 23.4 Å². The monoisotopic (exact) mass is 498 g/mol. The summed E-state index contributed by atoms with van der Waals surface area (Å²) in [5.74, 6) is 0. The van der Waals surface area contributed by atoms with Crippen LogP contribution in [0.15, 0.2) is 48.1 Å². The molecule has 2 aromatic carbocycles. The molecule has 4 rings (SSSR count). The summed E-state index contributed by atoms with van der Waals surface area (Å²) in [6, 6.07) is 12.7. The Morgan fingerprint density at radius 1 is 0.971 bits per heavy atom. The molecule has 0 atom stereocenters. The normalized spacial score (nSPS) is 13.0. The van der Waals surface area contributed by atoms with E-state index in [2.05, 4.69) is 68.0 Å². The molecule has 0 saturated heterocycles. The molecule has 7 heteroatoms. The Morgan fingerprint density at radius 2 is 1.63 bits per heavy atom. The molecule has 0 bridgehead atoms. The van der Waals surface area contributed by atoms with E-state index in [0.29, 0.717) is 16.4 Å². The fourth-order valence-corrected chi connectivity index (χ4v) is 5.12. The van der Waals surface area contributed by atoms with Crippen molar-refractivity contribution in [3.63, 3.8) is 0 Å². The molecule has 0 amide bonds. The van der Waals surface area contributed by atoms with Gasteiger partial charge >= 0.3 is 6.18 Å². The summed E-state index contributed by atoms with van der Waals surface area (Å²) in [5.41, 5.74) is 3.72. The number of halogens is 3. The summed E-state index contributed by atoms with van der Waals surface area (Å²) < 4.78 is 42.1. The van der Waals surface area contributed by atoms with Gasteiger partial charge in [0.25, 0.3) is 6.33 Å². The zero-order chi connectivity index (χ0) is 25.8. The van der Waals surface area contributed by atoms with Crippen LogP contribution in [0.4, 0.5) is 13.2 Å². The highest BCUT2D eigenvalue weighted by Crippen LogP contribution is 2.41. The molecule has 2 aromatic heterocycles. The first kappa shape index (κ1) is 25.3. The van der Waals surface area contributed by atoms with Crippen LogP contribution in [0, 0.1) is 12.3 Å². The van der Waals surface area contributed by atoms with Crippen molar-refractivity contribution in [2.75, 3.05) is 0 Å². The number of thiazole rings is 1. The number of nitrogens with zero attached hydrogens (tertiary/aromatic N) is 3. The summed E-state index contributed by atoms with van der Waals surface area (Å²) in [4.78, 5) is 9.06. The van der Waals surface area contributed by atoms with Crippen molar-refractivity contribution < 1.29 is 17.7 Å². The van der Waals surface area contributed by atoms with E-state index in [1.54, 1.807) is 11.7 Å². The van der Waals surface area contributed by atoms with Crippen molar-refractivity contribution in [3.8, 4) is 22.0 Å². The van der Waals surface area contributed by atoms with Gasteiger partial charge in [-0.2, -0.15) is 13.2 Å². The first-order valence-corrected chi connectivity index (χ1v) is 12.5. The fraction of sp³-hybridized carbons (Fsp3) is 0.393. The standard InChI is InChI=1S/C28H31F3N3S/c1-17-19-10-8-9-11-20(19)22(26(2,3)4)12-21(17)24-13-23(32-16-34(24)7)25-33-18(15-35-25)14-27(5,6)28(29,30)31/h8-13,15-16H,14H2,1-7H3/q+1. The molecule has 0 saturated carbocycles. The van der Waals surface area contributed by atoms with Gasteiger partial charge in [-0.3, -0.25) is 0 Å². The van der Waals surface area contributed by atoms with E-state index in [4.69, 9.17) is 0 Å². The smallest absolute Gasteiger partial charge is 0.237 e. The predicted molar refractivity (Wildman–Crippen MR) is 136 cm³/mol. The highest BCUT2D eigenvalue weighted by atomic mass is 32.1. The lowest BCUT2D eigenvalue weighted by atomic mass is 9.80. The van der Waals surface area contributed by atoms with Crippen LogP contribution in [0.5, 0.6) is 0 Å². The van der Waals surface area contributed by atoms with E-state index in [1.807, 2.05) is 17.7 Å². The number of rotatable bonds is 4. The molecule has 0 N–H and O–H groups in total. The lowest BCUT2D eigenvalue weighted by molar-refractivity contribution is -0.663.